The summed E-state index contributed by atoms with van der Waals surface area (Å²) < 4.78 is 39.6. The second-order valence-corrected chi connectivity index (χ2v) is 15.6. The molecule has 0 saturated carbocycles. The van der Waals surface area contributed by atoms with Crippen molar-refractivity contribution in [1.29, 1.82) is 0 Å². The summed E-state index contributed by atoms with van der Waals surface area (Å²) in [4.78, 5) is 35.7. The van der Waals surface area contributed by atoms with Crippen molar-refractivity contribution in [3.63, 3.8) is 0 Å². The SMILES string of the molecule is CCOC(=O)C(F)(F)c1cnc2c(c1)C[C@@]1(C2)C(=O)N(COCC[Si](C)(C)C)c2ncccc21. The second-order valence-electron chi connectivity index (χ2n) is 10.0. The molecule has 4 rings (SSSR count). The van der Waals surface area contributed by atoms with Gasteiger partial charge in [-0.1, -0.05) is 25.7 Å². The number of rotatable bonds is 8. The van der Waals surface area contributed by atoms with Crippen LogP contribution in [0.25, 0.3) is 0 Å². The molecule has 1 atom stereocenters. The molecule has 0 fully saturated rings. The van der Waals surface area contributed by atoms with Crippen molar-refractivity contribution < 1.29 is 27.8 Å². The summed E-state index contributed by atoms with van der Waals surface area (Å²) in [6, 6.07) is 5.86. The fraction of sp³-hybridized carbons (Fsp3) is 0.500. The maximum Gasteiger partial charge on any atom is 0.382 e. The van der Waals surface area contributed by atoms with Gasteiger partial charge in [-0.15, -0.1) is 0 Å². The highest BCUT2D eigenvalue weighted by atomic mass is 28.3. The smallest absolute Gasteiger partial charge is 0.382 e. The maximum absolute atomic E-state index is 14.6. The fourth-order valence-electron chi connectivity index (χ4n) is 4.49. The Balaban J connectivity index is 1.60. The van der Waals surface area contributed by atoms with Gasteiger partial charge >= 0.3 is 11.9 Å². The molecule has 3 heterocycles. The largest absolute Gasteiger partial charge is 0.461 e. The summed E-state index contributed by atoms with van der Waals surface area (Å²) >= 11 is 0. The first kappa shape index (κ1) is 24.4. The van der Waals surface area contributed by atoms with E-state index in [1.165, 1.54) is 13.0 Å². The van der Waals surface area contributed by atoms with Gasteiger partial charge in [-0.2, -0.15) is 8.78 Å². The number of halogens is 2. The highest BCUT2D eigenvalue weighted by Gasteiger charge is 2.55. The van der Waals surface area contributed by atoms with Gasteiger partial charge in [0.15, 0.2) is 0 Å². The quantitative estimate of drug-likeness (QED) is 0.319. The van der Waals surface area contributed by atoms with Crippen LogP contribution in [0.4, 0.5) is 14.6 Å². The molecule has 1 spiro atoms. The lowest BCUT2D eigenvalue weighted by atomic mass is 9.79. The molecule has 0 unspecified atom stereocenters. The van der Waals surface area contributed by atoms with Crippen LogP contribution in [0.15, 0.2) is 30.6 Å². The van der Waals surface area contributed by atoms with Crippen LogP contribution in [0.5, 0.6) is 0 Å². The Labute approximate surface area is 198 Å². The van der Waals surface area contributed by atoms with E-state index < -0.39 is 30.9 Å². The highest BCUT2D eigenvalue weighted by molar-refractivity contribution is 6.76. The normalized spacial score (nSPS) is 19.5. The van der Waals surface area contributed by atoms with Crippen LogP contribution < -0.4 is 4.90 Å². The number of alkyl halides is 2. The van der Waals surface area contributed by atoms with E-state index in [2.05, 4.69) is 34.3 Å². The van der Waals surface area contributed by atoms with Gasteiger partial charge < -0.3 is 9.47 Å². The fourth-order valence-corrected chi connectivity index (χ4v) is 5.24. The molecule has 34 heavy (non-hydrogen) atoms. The molecule has 0 bridgehead atoms. The summed E-state index contributed by atoms with van der Waals surface area (Å²) in [7, 11) is -1.28. The Bertz CT molecular complexity index is 1120. The number of amides is 1. The molecule has 10 heteroatoms. The van der Waals surface area contributed by atoms with Crippen LogP contribution in [0.1, 0.15) is 29.3 Å². The van der Waals surface area contributed by atoms with Gasteiger partial charge in [-0.05, 0) is 37.1 Å². The number of esters is 1. The van der Waals surface area contributed by atoms with Gasteiger partial charge in [0.05, 0.1) is 17.6 Å². The average Bonchev–Trinajstić information content (AvgIpc) is 3.27. The lowest BCUT2D eigenvalue weighted by Crippen LogP contribution is -2.42. The second kappa shape index (κ2) is 8.81. The lowest BCUT2D eigenvalue weighted by Gasteiger charge is -2.23. The molecule has 2 aliphatic rings. The van der Waals surface area contributed by atoms with Crippen LogP contribution in [0, 0.1) is 0 Å². The number of hydrogen-bond donors (Lipinski definition) is 0. The standard InChI is InChI=1S/C24H29F2N3O4Si/c1-5-33-22(31)24(25,26)17-11-16-12-23(13-19(16)28-14-17)18-7-6-8-27-20(18)29(21(23)30)15-32-9-10-34(2,3)4/h6-8,11,14H,5,9-10,12-13,15H2,1-4H3/t23-/m0/s1. The molecule has 2 aromatic heterocycles. The zero-order valence-corrected chi connectivity index (χ0v) is 20.9. The Morgan fingerprint density at radius 1 is 1.26 bits per heavy atom. The monoisotopic (exact) mass is 489 g/mol. The number of anilines is 1. The average molecular weight is 490 g/mol. The third-order valence-electron chi connectivity index (χ3n) is 6.34. The minimum atomic E-state index is -3.82. The number of ether oxygens (including phenoxy) is 2. The van der Waals surface area contributed by atoms with Crippen LogP contribution in [-0.2, 0) is 43.2 Å². The number of aromatic nitrogens is 2. The molecule has 1 aliphatic heterocycles. The van der Waals surface area contributed by atoms with E-state index in [-0.39, 0.29) is 32.1 Å². The van der Waals surface area contributed by atoms with Crippen molar-refractivity contribution in [3.8, 4) is 0 Å². The van der Waals surface area contributed by atoms with E-state index >= 15 is 0 Å². The first-order valence-electron chi connectivity index (χ1n) is 11.4. The lowest BCUT2D eigenvalue weighted by molar-refractivity contribution is -0.173. The van der Waals surface area contributed by atoms with Gasteiger partial charge in [0.25, 0.3) is 0 Å². The molecule has 0 aromatic carbocycles. The van der Waals surface area contributed by atoms with Gasteiger partial charge in [0.1, 0.15) is 12.5 Å². The van der Waals surface area contributed by atoms with Crippen molar-refractivity contribution in [1.82, 2.24) is 9.97 Å². The van der Waals surface area contributed by atoms with Gasteiger partial charge in [-0.3, -0.25) is 14.7 Å². The first-order valence-corrected chi connectivity index (χ1v) is 15.1. The maximum atomic E-state index is 14.6. The van der Waals surface area contributed by atoms with E-state index in [9.17, 15) is 18.4 Å². The van der Waals surface area contributed by atoms with E-state index in [0.29, 0.717) is 23.7 Å². The van der Waals surface area contributed by atoms with Crippen LogP contribution in [0.3, 0.4) is 0 Å². The van der Waals surface area contributed by atoms with Crippen molar-refractivity contribution in [2.24, 2.45) is 0 Å². The molecule has 0 radical (unpaired) electrons. The predicted molar refractivity (Wildman–Crippen MR) is 125 cm³/mol. The minimum absolute atomic E-state index is 0.0883. The third kappa shape index (κ3) is 4.24. The zero-order valence-electron chi connectivity index (χ0n) is 19.9. The number of pyridine rings is 2. The van der Waals surface area contributed by atoms with Crippen molar-refractivity contribution in [2.75, 3.05) is 24.8 Å². The number of nitrogens with zero attached hydrogens (tertiary/aromatic N) is 3. The Hall–Kier alpha value is -2.72. The molecule has 1 aliphatic carbocycles. The zero-order chi connectivity index (χ0) is 24.7. The van der Waals surface area contributed by atoms with Crippen molar-refractivity contribution >= 4 is 25.8 Å². The number of fused-ring (bicyclic) bond motifs is 3. The molecule has 2 aromatic rings. The van der Waals surface area contributed by atoms with E-state index in [4.69, 9.17) is 4.74 Å². The van der Waals surface area contributed by atoms with E-state index in [1.54, 1.807) is 17.2 Å². The molecular weight excluding hydrogens is 460 g/mol. The summed E-state index contributed by atoms with van der Waals surface area (Å²) in [5, 5.41) is 0. The minimum Gasteiger partial charge on any atom is -0.461 e. The molecule has 182 valence electrons. The Kier molecular flexibility index (Phi) is 6.32. The van der Waals surface area contributed by atoms with Gasteiger partial charge in [0.2, 0.25) is 5.91 Å². The molecule has 0 saturated heterocycles. The molecule has 1 amide bonds. The van der Waals surface area contributed by atoms with E-state index in [0.717, 1.165) is 17.8 Å². The number of carbonyl (C=O) groups excluding carboxylic acids is 2. The first-order chi connectivity index (χ1) is 16.0. The van der Waals surface area contributed by atoms with Gasteiger partial charge in [0, 0.05) is 44.8 Å². The predicted octanol–water partition coefficient (Wildman–Crippen LogP) is 3.83. The molecule has 7 nitrogen and oxygen atoms in total. The number of carbonyl (C=O) groups is 2. The van der Waals surface area contributed by atoms with E-state index in [1.807, 2.05) is 6.07 Å². The summed E-state index contributed by atoms with van der Waals surface area (Å²) in [5.74, 6) is -5.07. The summed E-state index contributed by atoms with van der Waals surface area (Å²) in [5.41, 5.74) is 0.314. The van der Waals surface area contributed by atoms with Crippen molar-refractivity contribution in [2.45, 2.75) is 56.8 Å². The van der Waals surface area contributed by atoms with Crippen molar-refractivity contribution in [3.05, 3.63) is 53.0 Å². The third-order valence-corrected chi connectivity index (χ3v) is 8.05. The Morgan fingerprint density at radius 3 is 2.74 bits per heavy atom. The summed E-state index contributed by atoms with van der Waals surface area (Å²) in [6.45, 7) is 8.73. The molecular formula is C24H29F2N3O4Si. The van der Waals surface area contributed by atoms with Gasteiger partial charge in [-0.25, -0.2) is 9.78 Å². The van der Waals surface area contributed by atoms with Crippen LogP contribution >= 0.6 is 0 Å². The Morgan fingerprint density at radius 2 is 2.03 bits per heavy atom. The number of hydrogen-bond acceptors (Lipinski definition) is 6. The highest BCUT2D eigenvalue weighted by Crippen LogP contribution is 2.49. The van der Waals surface area contributed by atoms with Crippen LogP contribution in [0.2, 0.25) is 25.7 Å². The molecule has 0 N–H and O–H groups in total. The topological polar surface area (TPSA) is 81.6 Å². The summed E-state index contributed by atoms with van der Waals surface area (Å²) in [6.07, 6.45) is 3.09. The van der Waals surface area contributed by atoms with Crippen LogP contribution in [-0.4, -0.2) is 49.9 Å².